The highest BCUT2D eigenvalue weighted by molar-refractivity contribution is 7.10. The lowest BCUT2D eigenvalue weighted by molar-refractivity contribution is -0.676. The molecule has 3 nitrogen and oxygen atoms in total. The molecule has 0 saturated heterocycles. The molecule has 4 rings (SSSR count). The van der Waals surface area contributed by atoms with Crippen LogP contribution in [0.5, 0.6) is 0 Å². The van der Waals surface area contributed by atoms with E-state index in [1.165, 1.54) is 16.0 Å². The minimum absolute atomic E-state index is 0.169. The summed E-state index contributed by atoms with van der Waals surface area (Å²) in [5, 5.41) is 4.25. The molecular weight excluding hydrogens is 328 g/mol. The van der Waals surface area contributed by atoms with Gasteiger partial charge in [0, 0.05) is 17.8 Å². The molecule has 1 aromatic heterocycles. The van der Waals surface area contributed by atoms with Crippen LogP contribution in [-0.4, -0.2) is 19.0 Å². The number of benzene rings is 2. The standard InChI is InChI=1S/C21H20N2OS/c24-20(23-13-12-16-7-4-5-10-18(16)23)15-22-21(19-11-6-14-25-19)17-8-2-1-3-9-17/h1-11,14,21-22H,12-13,15H2/p+1/t21-/m0/s1. The normalized spacial score (nSPS) is 14.3. The van der Waals surface area contributed by atoms with Gasteiger partial charge in [-0.15, -0.1) is 11.3 Å². The highest BCUT2D eigenvalue weighted by Gasteiger charge is 2.27. The summed E-state index contributed by atoms with van der Waals surface area (Å²) in [4.78, 5) is 16.0. The Morgan fingerprint density at radius 3 is 2.64 bits per heavy atom. The quantitative estimate of drug-likeness (QED) is 0.755. The van der Waals surface area contributed by atoms with Crippen LogP contribution in [0, 0.1) is 0 Å². The molecule has 4 heteroatoms. The molecule has 25 heavy (non-hydrogen) atoms. The van der Waals surface area contributed by atoms with E-state index < -0.39 is 0 Å². The second-order valence-corrected chi connectivity index (χ2v) is 7.25. The van der Waals surface area contributed by atoms with E-state index in [0.717, 1.165) is 18.7 Å². The van der Waals surface area contributed by atoms with Gasteiger partial charge in [0.1, 0.15) is 6.04 Å². The fourth-order valence-corrected chi connectivity index (χ4v) is 4.32. The maximum absolute atomic E-state index is 12.8. The van der Waals surface area contributed by atoms with Gasteiger partial charge >= 0.3 is 0 Å². The van der Waals surface area contributed by atoms with Crippen LogP contribution in [0.25, 0.3) is 0 Å². The van der Waals surface area contributed by atoms with Crippen molar-refractivity contribution in [2.24, 2.45) is 0 Å². The summed E-state index contributed by atoms with van der Waals surface area (Å²) < 4.78 is 0. The summed E-state index contributed by atoms with van der Waals surface area (Å²) in [5.74, 6) is 0.183. The topological polar surface area (TPSA) is 36.9 Å². The lowest BCUT2D eigenvalue weighted by atomic mass is 10.1. The Bertz CT molecular complexity index is 845. The van der Waals surface area contributed by atoms with Crippen LogP contribution < -0.4 is 10.2 Å². The van der Waals surface area contributed by atoms with Crippen molar-refractivity contribution in [3.8, 4) is 0 Å². The van der Waals surface area contributed by atoms with E-state index in [9.17, 15) is 4.79 Å². The first-order valence-electron chi connectivity index (χ1n) is 8.63. The highest BCUT2D eigenvalue weighted by Crippen LogP contribution is 2.27. The van der Waals surface area contributed by atoms with Gasteiger partial charge in [-0.3, -0.25) is 4.79 Å². The molecule has 3 aromatic rings. The zero-order valence-corrected chi connectivity index (χ0v) is 14.8. The van der Waals surface area contributed by atoms with E-state index >= 15 is 0 Å². The number of thiophene rings is 1. The molecule has 2 heterocycles. The molecule has 0 unspecified atom stereocenters. The van der Waals surface area contributed by atoms with Crippen molar-refractivity contribution in [1.29, 1.82) is 0 Å². The number of quaternary nitrogens is 1. The van der Waals surface area contributed by atoms with E-state index in [4.69, 9.17) is 0 Å². The van der Waals surface area contributed by atoms with E-state index in [1.54, 1.807) is 11.3 Å². The first-order valence-corrected chi connectivity index (χ1v) is 9.51. The Labute approximate surface area is 151 Å². The van der Waals surface area contributed by atoms with Crippen LogP contribution in [0.4, 0.5) is 5.69 Å². The summed E-state index contributed by atoms with van der Waals surface area (Å²) in [6, 6.07) is 23.0. The van der Waals surface area contributed by atoms with Crippen molar-refractivity contribution in [3.05, 3.63) is 88.1 Å². The van der Waals surface area contributed by atoms with E-state index in [1.807, 2.05) is 29.2 Å². The van der Waals surface area contributed by atoms with Gasteiger partial charge in [0.2, 0.25) is 0 Å². The van der Waals surface area contributed by atoms with Crippen LogP contribution in [0.15, 0.2) is 72.1 Å². The first-order chi connectivity index (χ1) is 12.3. The van der Waals surface area contributed by atoms with Crippen LogP contribution in [0.1, 0.15) is 22.0 Å². The van der Waals surface area contributed by atoms with Gasteiger partial charge in [0.05, 0.1) is 4.88 Å². The Hall–Kier alpha value is -2.43. The summed E-state index contributed by atoms with van der Waals surface area (Å²) in [7, 11) is 0. The summed E-state index contributed by atoms with van der Waals surface area (Å²) in [6.07, 6.45) is 0.953. The summed E-state index contributed by atoms with van der Waals surface area (Å²) in [5.41, 5.74) is 3.58. The molecule has 1 atom stereocenters. The molecule has 0 radical (unpaired) electrons. The van der Waals surface area contributed by atoms with Crippen molar-refractivity contribution in [1.82, 2.24) is 0 Å². The third kappa shape index (κ3) is 3.36. The third-order valence-electron chi connectivity index (χ3n) is 4.72. The first kappa shape index (κ1) is 16.1. The number of hydrogen-bond donors (Lipinski definition) is 1. The van der Waals surface area contributed by atoms with Gasteiger partial charge in [-0.1, -0.05) is 54.6 Å². The Morgan fingerprint density at radius 1 is 1.04 bits per heavy atom. The SMILES string of the molecule is O=C(C[NH2+][C@@H](c1ccccc1)c1cccs1)N1CCc2ccccc21. The number of para-hydroxylation sites is 1. The zero-order chi connectivity index (χ0) is 17.1. The van der Waals surface area contributed by atoms with Crippen molar-refractivity contribution in [2.75, 3.05) is 18.0 Å². The lowest BCUT2D eigenvalue weighted by Crippen LogP contribution is -2.87. The molecule has 2 N–H and O–H groups in total. The molecule has 1 aliphatic heterocycles. The third-order valence-corrected chi connectivity index (χ3v) is 5.68. The summed E-state index contributed by atoms with van der Waals surface area (Å²) in [6.45, 7) is 1.24. The molecule has 0 fully saturated rings. The number of nitrogens with two attached hydrogens (primary N) is 1. The van der Waals surface area contributed by atoms with Crippen molar-refractivity contribution >= 4 is 22.9 Å². The molecule has 2 aromatic carbocycles. The Morgan fingerprint density at radius 2 is 1.84 bits per heavy atom. The Balaban J connectivity index is 1.50. The number of nitrogens with zero attached hydrogens (tertiary/aromatic N) is 1. The number of carbonyl (C=O) groups excluding carboxylic acids is 1. The number of fused-ring (bicyclic) bond motifs is 1. The van der Waals surface area contributed by atoms with Crippen LogP contribution in [0.2, 0.25) is 0 Å². The minimum Gasteiger partial charge on any atom is -0.328 e. The molecule has 0 bridgehead atoms. The van der Waals surface area contributed by atoms with E-state index in [-0.39, 0.29) is 11.9 Å². The largest absolute Gasteiger partial charge is 0.328 e. The average Bonchev–Trinajstić information content (AvgIpc) is 3.32. The monoisotopic (exact) mass is 349 g/mol. The van der Waals surface area contributed by atoms with Gasteiger partial charge in [0.15, 0.2) is 6.54 Å². The van der Waals surface area contributed by atoms with Gasteiger partial charge in [-0.2, -0.15) is 0 Å². The average molecular weight is 349 g/mol. The highest BCUT2D eigenvalue weighted by atomic mass is 32.1. The smallest absolute Gasteiger partial charge is 0.282 e. The zero-order valence-electron chi connectivity index (χ0n) is 14.0. The van der Waals surface area contributed by atoms with Crippen molar-refractivity contribution < 1.29 is 10.1 Å². The second-order valence-electron chi connectivity index (χ2n) is 6.27. The minimum atomic E-state index is 0.169. The fourth-order valence-electron chi connectivity index (χ4n) is 3.47. The maximum atomic E-state index is 12.8. The molecule has 126 valence electrons. The van der Waals surface area contributed by atoms with Crippen LogP contribution in [-0.2, 0) is 11.2 Å². The molecule has 0 saturated carbocycles. The van der Waals surface area contributed by atoms with E-state index in [2.05, 4.69) is 53.2 Å². The summed E-state index contributed by atoms with van der Waals surface area (Å²) >= 11 is 1.74. The van der Waals surface area contributed by atoms with Gasteiger partial charge in [-0.05, 0) is 29.5 Å². The molecule has 0 spiro atoms. The van der Waals surface area contributed by atoms with Crippen LogP contribution >= 0.6 is 11.3 Å². The van der Waals surface area contributed by atoms with Gasteiger partial charge in [0.25, 0.3) is 5.91 Å². The van der Waals surface area contributed by atoms with E-state index in [0.29, 0.717) is 6.54 Å². The predicted octanol–water partition coefficient (Wildman–Crippen LogP) is 2.99. The number of anilines is 1. The fraction of sp³-hybridized carbons (Fsp3) is 0.190. The number of hydrogen-bond acceptors (Lipinski definition) is 2. The maximum Gasteiger partial charge on any atom is 0.282 e. The second kappa shape index (κ2) is 7.21. The van der Waals surface area contributed by atoms with Crippen molar-refractivity contribution in [2.45, 2.75) is 12.5 Å². The number of amides is 1. The van der Waals surface area contributed by atoms with Gasteiger partial charge < -0.3 is 10.2 Å². The number of rotatable bonds is 5. The van der Waals surface area contributed by atoms with Gasteiger partial charge in [-0.25, -0.2) is 0 Å². The predicted molar refractivity (Wildman–Crippen MR) is 102 cm³/mol. The molecule has 1 aliphatic rings. The lowest BCUT2D eigenvalue weighted by Gasteiger charge is -2.19. The number of carbonyl (C=O) groups is 1. The molecule has 1 amide bonds. The Kier molecular flexibility index (Phi) is 4.63. The van der Waals surface area contributed by atoms with Crippen LogP contribution in [0.3, 0.4) is 0 Å². The van der Waals surface area contributed by atoms with Crippen molar-refractivity contribution in [3.63, 3.8) is 0 Å². The molecule has 0 aliphatic carbocycles. The molecular formula is C21H21N2OS+.